The molecule has 1 heterocycles. The molecule has 4 nitrogen and oxygen atoms in total. The maximum absolute atomic E-state index is 12.5. The molecular formula is C24H30O4. The number of fused-ring (bicyclic) bond motifs is 2. The van der Waals surface area contributed by atoms with Gasteiger partial charge in [-0.2, -0.15) is 0 Å². The molecule has 0 amide bonds. The predicted octanol–water partition coefficient (Wildman–Crippen LogP) is 4.68. The van der Waals surface area contributed by atoms with Crippen molar-refractivity contribution in [2.75, 3.05) is 6.61 Å². The highest BCUT2D eigenvalue weighted by atomic mass is 16.5. The Kier molecular flexibility index (Phi) is 4.64. The van der Waals surface area contributed by atoms with Crippen molar-refractivity contribution in [2.24, 2.45) is 22.7 Å². The fourth-order valence-corrected chi connectivity index (χ4v) is 5.69. The summed E-state index contributed by atoms with van der Waals surface area (Å²) in [6.07, 6.45) is 12.6. The zero-order valence-corrected chi connectivity index (χ0v) is 17.3. The second-order valence-corrected chi connectivity index (χ2v) is 9.47. The number of ether oxygens (including phenoxy) is 2. The van der Waals surface area contributed by atoms with E-state index in [-0.39, 0.29) is 28.8 Å². The van der Waals surface area contributed by atoms with Gasteiger partial charge in [0, 0.05) is 23.8 Å². The Morgan fingerprint density at radius 2 is 1.96 bits per heavy atom. The number of hydrogen-bond acceptors (Lipinski definition) is 4. The molecule has 4 atom stereocenters. The van der Waals surface area contributed by atoms with E-state index in [1.807, 2.05) is 24.3 Å². The minimum absolute atomic E-state index is 0.0531. The van der Waals surface area contributed by atoms with Crippen LogP contribution >= 0.6 is 0 Å². The first kappa shape index (κ1) is 19.2. The lowest BCUT2D eigenvalue weighted by Crippen LogP contribution is -2.53. The summed E-state index contributed by atoms with van der Waals surface area (Å²) in [7, 11) is 0. The van der Waals surface area contributed by atoms with Crippen molar-refractivity contribution >= 4 is 11.8 Å². The smallest absolute Gasteiger partial charge is 0.310 e. The van der Waals surface area contributed by atoms with E-state index in [2.05, 4.69) is 33.8 Å². The summed E-state index contributed by atoms with van der Waals surface area (Å²) in [6, 6.07) is 0. The fourth-order valence-electron chi connectivity index (χ4n) is 5.69. The fraction of sp³-hybridized carbons (Fsp3) is 0.583. The van der Waals surface area contributed by atoms with Crippen LogP contribution in [0.15, 0.2) is 47.3 Å². The molecule has 0 radical (unpaired) electrons. The van der Waals surface area contributed by atoms with E-state index in [1.165, 1.54) is 5.57 Å². The molecule has 0 aromatic carbocycles. The SMILES string of the molecule is CC1=CCC2C(C)(C)C(=O)CCC2(C)C1COC1=CC2OC(=O)CC=C2C=C1. The van der Waals surface area contributed by atoms with E-state index in [0.29, 0.717) is 31.1 Å². The van der Waals surface area contributed by atoms with Crippen LogP contribution in [0.5, 0.6) is 0 Å². The molecule has 4 heteroatoms. The third kappa shape index (κ3) is 3.07. The van der Waals surface area contributed by atoms with Gasteiger partial charge in [-0.1, -0.05) is 44.6 Å². The first-order valence-corrected chi connectivity index (χ1v) is 10.3. The average Bonchev–Trinajstić information content (AvgIpc) is 2.64. The van der Waals surface area contributed by atoms with Crippen molar-refractivity contribution in [1.82, 2.24) is 0 Å². The van der Waals surface area contributed by atoms with E-state index in [0.717, 1.165) is 24.2 Å². The van der Waals surface area contributed by atoms with Crippen molar-refractivity contribution in [1.29, 1.82) is 0 Å². The Labute approximate surface area is 167 Å². The average molecular weight is 383 g/mol. The van der Waals surface area contributed by atoms with E-state index < -0.39 is 0 Å². The second-order valence-electron chi connectivity index (χ2n) is 9.47. The van der Waals surface area contributed by atoms with Crippen LogP contribution in [0.2, 0.25) is 0 Å². The lowest BCUT2D eigenvalue weighted by molar-refractivity contribution is -0.146. The minimum atomic E-state index is -0.334. The number of hydrogen-bond donors (Lipinski definition) is 0. The summed E-state index contributed by atoms with van der Waals surface area (Å²) in [5, 5.41) is 0. The molecule has 0 saturated heterocycles. The van der Waals surface area contributed by atoms with Crippen molar-refractivity contribution in [3.8, 4) is 0 Å². The van der Waals surface area contributed by atoms with Crippen molar-refractivity contribution in [2.45, 2.75) is 59.5 Å². The van der Waals surface area contributed by atoms with Gasteiger partial charge < -0.3 is 9.47 Å². The van der Waals surface area contributed by atoms with Gasteiger partial charge in [-0.25, -0.2) is 0 Å². The molecule has 0 aromatic heterocycles. The van der Waals surface area contributed by atoms with Crippen LogP contribution in [-0.2, 0) is 19.1 Å². The molecule has 0 spiro atoms. The highest BCUT2D eigenvalue weighted by Gasteiger charge is 2.55. The monoisotopic (exact) mass is 382 g/mol. The van der Waals surface area contributed by atoms with Gasteiger partial charge in [-0.05, 0) is 42.7 Å². The first-order chi connectivity index (χ1) is 13.2. The zero-order chi connectivity index (χ0) is 20.1. The summed E-state index contributed by atoms with van der Waals surface area (Å²) in [4.78, 5) is 24.1. The number of allylic oxidation sites excluding steroid dienone is 2. The largest absolute Gasteiger partial charge is 0.493 e. The van der Waals surface area contributed by atoms with Crippen molar-refractivity contribution in [3.63, 3.8) is 0 Å². The first-order valence-electron chi connectivity index (χ1n) is 10.3. The van der Waals surface area contributed by atoms with Gasteiger partial charge in [0.1, 0.15) is 17.6 Å². The number of carbonyl (C=O) groups excluding carboxylic acids is 2. The van der Waals surface area contributed by atoms with Gasteiger partial charge >= 0.3 is 5.97 Å². The van der Waals surface area contributed by atoms with Crippen LogP contribution in [0.1, 0.15) is 53.4 Å². The lowest BCUT2D eigenvalue weighted by atomic mass is 9.48. The molecule has 3 aliphatic carbocycles. The van der Waals surface area contributed by atoms with Crippen LogP contribution in [0.25, 0.3) is 0 Å². The van der Waals surface area contributed by atoms with Crippen molar-refractivity contribution in [3.05, 3.63) is 47.3 Å². The molecular weight excluding hydrogens is 352 g/mol. The van der Waals surface area contributed by atoms with Crippen molar-refractivity contribution < 1.29 is 19.1 Å². The zero-order valence-electron chi connectivity index (χ0n) is 17.3. The summed E-state index contributed by atoms with van der Waals surface area (Å²) in [5.41, 5.74) is 2.13. The molecule has 1 saturated carbocycles. The third-order valence-corrected chi connectivity index (χ3v) is 7.56. The number of esters is 1. The van der Waals surface area contributed by atoms with Crippen LogP contribution in [0, 0.1) is 22.7 Å². The number of rotatable bonds is 3. The van der Waals surface area contributed by atoms with Gasteiger partial charge in [0.15, 0.2) is 0 Å². The molecule has 1 aliphatic heterocycles. The van der Waals surface area contributed by atoms with Crippen LogP contribution in [0.4, 0.5) is 0 Å². The Morgan fingerprint density at radius 1 is 1.18 bits per heavy atom. The summed E-state index contributed by atoms with van der Waals surface area (Å²) >= 11 is 0. The Morgan fingerprint density at radius 3 is 2.75 bits per heavy atom. The minimum Gasteiger partial charge on any atom is -0.493 e. The number of Topliss-reactive ketones (excluding diaryl/α,β-unsaturated/α-hetero) is 1. The van der Waals surface area contributed by atoms with E-state index in [4.69, 9.17) is 9.47 Å². The predicted molar refractivity (Wildman–Crippen MR) is 107 cm³/mol. The van der Waals surface area contributed by atoms with Gasteiger partial charge in [0.05, 0.1) is 13.0 Å². The van der Waals surface area contributed by atoms with Crippen LogP contribution in [0.3, 0.4) is 0 Å². The van der Waals surface area contributed by atoms with Crippen LogP contribution < -0.4 is 0 Å². The Bertz CT molecular complexity index is 826. The van der Waals surface area contributed by atoms with Gasteiger partial charge in [-0.15, -0.1) is 0 Å². The summed E-state index contributed by atoms with van der Waals surface area (Å²) < 4.78 is 11.6. The molecule has 0 bridgehead atoms. The topological polar surface area (TPSA) is 52.6 Å². The molecule has 4 rings (SSSR count). The molecule has 28 heavy (non-hydrogen) atoms. The maximum Gasteiger partial charge on any atom is 0.310 e. The molecule has 150 valence electrons. The summed E-state index contributed by atoms with van der Waals surface area (Å²) in [5.74, 6) is 1.55. The Hall–Kier alpha value is -2.10. The molecule has 0 N–H and O–H groups in total. The third-order valence-electron chi connectivity index (χ3n) is 7.56. The Balaban J connectivity index is 1.52. The standard InChI is InChI=1S/C24H30O4/c1-15-5-9-20-23(2,3)21(25)11-12-24(20,4)18(15)14-27-17-8-6-16-7-10-22(26)28-19(16)13-17/h5-8,13,18-20H,9-12,14H2,1-4H3. The molecule has 4 aliphatic rings. The van der Waals surface area contributed by atoms with Gasteiger partial charge in [0.2, 0.25) is 0 Å². The summed E-state index contributed by atoms with van der Waals surface area (Å²) in [6.45, 7) is 9.33. The number of carbonyl (C=O) groups is 2. The molecule has 4 unspecified atom stereocenters. The second kappa shape index (κ2) is 6.75. The number of ketones is 1. The maximum atomic E-state index is 12.5. The van der Waals surface area contributed by atoms with E-state index in [9.17, 15) is 9.59 Å². The highest BCUT2D eigenvalue weighted by molar-refractivity contribution is 5.85. The highest BCUT2D eigenvalue weighted by Crippen LogP contribution is 2.58. The quantitative estimate of drug-likeness (QED) is 0.525. The molecule has 1 fully saturated rings. The normalized spacial score (nSPS) is 36.4. The van der Waals surface area contributed by atoms with Gasteiger partial charge in [-0.3, -0.25) is 9.59 Å². The van der Waals surface area contributed by atoms with Gasteiger partial charge in [0.25, 0.3) is 0 Å². The van der Waals surface area contributed by atoms with E-state index in [1.54, 1.807) is 0 Å². The van der Waals surface area contributed by atoms with E-state index >= 15 is 0 Å². The lowest BCUT2D eigenvalue weighted by Gasteiger charge is -2.55. The van der Waals surface area contributed by atoms with Crippen LogP contribution in [-0.4, -0.2) is 24.5 Å². The molecule has 0 aromatic rings.